The van der Waals surface area contributed by atoms with Crippen LogP contribution in [0.4, 0.5) is 0 Å². The summed E-state index contributed by atoms with van der Waals surface area (Å²) in [5, 5.41) is 1.94. The lowest BCUT2D eigenvalue weighted by Gasteiger charge is -2.41. The summed E-state index contributed by atoms with van der Waals surface area (Å²) in [7, 11) is 0. The molecule has 0 saturated carbocycles. The van der Waals surface area contributed by atoms with E-state index in [1.54, 1.807) is 6.07 Å². The molecule has 2 aromatic rings. The van der Waals surface area contributed by atoms with Crippen molar-refractivity contribution in [3.05, 3.63) is 62.6 Å². The molecule has 8 heteroatoms. The van der Waals surface area contributed by atoms with Gasteiger partial charge < -0.3 is 9.64 Å². The maximum Gasteiger partial charge on any atom is 0.240 e. The minimum absolute atomic E-state index is 0.177. The Morgan fingerprint density at radius 3 is 2.27 bits per heavy atom. The van der Waals surface area contributed by atoms with Gasteiger partial charge in [0.2, 0.25) is 5.91 Å². The highest BCUT2D eigenvalue weighted by Gasteiger charge is 2.35. The lowest BCUT2D eigenvalue weighted by molar-refractivity contribution is -0.139. The van der Waals surface area contributed by atoms with Crippen molar-refractivity contribution < 1.29 is 9.53 Å². The minimum Gasteiger partial charge on any atom is -0.492 e. The third kappa shape index (κ3) is 6.75. The van der Waals surface area contributed by atoms with Crippen LogP contribution in [0.2, 0.25) is 15.1 Å². The second-order valence-electron chi connectivity index (χ2n) is 10.5. The van der Waals surface area contributed by atoms with E-state index in [1.807, 2.05) is 29.2 Å². The number of carbonyl (C=O) groups excluding carboxylic acids is 1. The fourth-order valence-electron chi connectivity index (χ4n) is 5.80. The van der Waals surface area contributed by atoms with E-state index in [4.69, 9.17) is 39.5 Å². The first-order chi connectivity index (χ1) is 18.0. The molecule has 2 aromatic carbocycles. The Hall–Kier alpha value is -1.50. The molecule has 3 aliphatic rings. The van der Waals surface area contributed by atoms with Gasteiger partial charge in [-0.15, -0.1) is 0 Å². The fourth-order valence-corrected chi connectivity index (χ4v) is 6.45. The molecule has 3 aliphatic heterocycles. The molecule has 0 aromatic heterocycles. The van der Waals surface area contributed by atoms with Crippen molar-refractivity contribution in [3.63, 3.8) is 0 Å². The zero-order chi connectivity index (χ0) is 25.8. The van der Waals surface area contributed by atoms with Crippen molar-refractivity contribution in [2.45, 2.75) is 50.5 Å². The predicted octanol–water partition coefficient (Wildman–Crippen LogP) is 6.14. The van der Waals surface area contributed by atoms with Crippen LogP contribution < -0.4 is 4.74 Å². The molecule has 3 heterocycles. The first-order valence-electron chi connectivity index (χ1n) is 13.6. The van der Waals surface area contributed by atoms with E-state index in [0.29, 0.717) is 34.0 Å². The average Bonchev–Trinajstić information content (AvgIpc) is 3.37. The molecule has 1 atom stereocenters. The number of nitrogens with zero attached hydrogens (tertiary/aromatic N) is 3. The van der Waals surface area contributed by atoms with Gasteiger partial charge >= 0.3 is 0 Å². The molecule has 3 saturated heterocycles. The van der Waals surface area contributed by atoms with E-state index in [2.05, 4.69) is 15.9 Å². The number of likely N-dealkylation sites (tertiary alicyclic amines) is 3. The number of benzene rings is 2. The molecule has 0 bridgehead atoms. The van der Waals surface area contributed by atoms with Crippen LogP contribution in [0.5, 0.6) is 5.75 Å². The normalized spacial score (nSPS) is 20.1. The second-order valence-corrected chi connectivity index (χ2v) is 11.8. The highest BCUT2D eigenvalue weighted by Crippen LogP contribution is 2.36. The standard InChI is InChI=1S/C29H36Cl3N3O2/c30-23-5-4-22(26(32)19-23)18-27(34-12-3-13-34)29(36)35-14-8-21(9-15-35)25-7-6-24(31)20-28(25)37-17-16-33-10-1-2-11-33/h4-7,19-21,27H,1-3,8-18H2/t27-/m1/s1. The lowest BCUT2D eigenvalue weighted by Crippen LogP contribution is -2.55. The number of piperidine rings is 1. The summed E-state index contributed by atoms with van der Waals surface area (Å²) in [4.78, 5) is 20.5. The monoisotopic (exact) mass is 563 g/mol. The van der Waals surface area contributed by atoms with Gasteiger partial charge in [-0.2, -0.15) is 0 Å². The van der Waals surface area contributed by atoms with Gasteiger partial charge in [0.15, 0.2) is 0 Å². The van der Waals surface area contributed by atoms with Gasteiger partial charge in [-0.05, 0) is 92.9 Å². The summed E-state index contributed by atoms with van der Waals surface area (Å²) < 4.78 is 6.25. The van der Waals surface area contributed by atoms with E-state index in [1.165, 1.54) is 31.5 Å². The van der Waals surface area contributed by atoms with Crippen LogP contribution in [0.15, 0.2) is 36.4 Å². The van der Waals surface area contributed by atoms with Gasteiger partial charge in [0, 0.05) is 47.8 Å². The van der Waals surface area contributed by atoms with Crippen LogP contribution in [-0.4, -0.2) is 79.1 Å². The summed E-state index contributed by atoms with van der Waals surface area (Å²) in [6, 6.07) is 11.4. The number of hydrogen-bond donors (Lipinski definition) is 0. The van der Waals surface area contributed by atoms with E-state index in [-0.39, 0.29) is 11.9 Å². The number of rotatable bonds is 9. The molecular weight excluding hydrogens is 529 g/mol. The van der Waals surface area contributed by atoms with Gasteiger partial charge in [-0.25, -0.2) is 0 Å². The number of hydrogen-bond acceptors (Lipinski definition) is 4. The Morgan fingerprint density at radius 2 is 1.59 bits per heavy atom. The van der Waals surface area contributed by atoms with Crippen LogP contribution in [0.1, 0.15) is 49.1 Å². The molecule has 37 heavy (non-hydrogen) atoms. The molecular formula is C29H36Cl3N3O2. The van der Waals surface area contributed by atoms with Crippen molar-refractivity contribution in [1.29, 1.82) is 0 Å². The Bertz CT molecular complexity index is 1080. The largest absolute Gasteiger partial charge is 0.492 e. The molecule has 200 valence electrons. The van der Waals surface area contributed by atoms with Gasteiger partial charge in [0.25, 0.3) is 0 Å². The number of amides is 1. The Balaban J connectivity index is 1.21. The quantitative estimate of drug-likeness (QED) is 0.366. The van der Waals surface area contributed by atoms with Gasteiger partial charge in [0.05, 0.1) is 6.04 Å². The van der Waals surface area contributed by atoms with E-state index in [9.17, 15) is 4.79 Å². The zero-order valence-electron chi connectivity index (χ0n) is 21.3. The summed E-state index contributed by atoms with van der Waals surface area (Å²) in [5.41, 5.74) is 2.19. The lowest BCUT2D eigenvalue weighted by atomic mass is 9.88. The van der Waals surface area contributed by atoms with Gasteiger partial charge in [-0.3, -0.25) is 14.6 Å². The zero-order valence-corrected chi connectivity index (χ0v) is 23.6. The Labute approximate surface area is 235 Å². The second kappa shape index (κ2) is 12.6. The van der Waals surface area contributed by atoms with Crippen molar-refractivity contribution in [2.75, 3.05) is 52.4 Å². The van der Waals surface area contributed by atoms with Crippen LogP contribution in [0, 0.1) is 0 Å². The topological polar surface area (TPSA) is 36.0 Å². The molecule has 0 unspecified atom stereocenters. The maximum absolute atomic E-state index is 13.7. The molecule has 0 N–H and O–H groups in total. The summed E-state index contributed by atoms with van der Waals surface area (Å²) in [6.45, 7) is 7.38. The van der Waals surface area contributed by atoms with Crippen LogP contribution >= 0.6 is 34.8 Å². The Morgan fingerprint density at radius 1 is 0.892 bits per heavy atom. The molecule has 0 aliphatic carbocycles. The van der Waals surface area contributed by atoms with Crippen LogP contribution in [0.25, 0.3) is 0 Å². The third-order valence-electron chi connectivity index (χ3n) is 8.13. The molecule has 0 radical (unpaired) electrons. The van der Waals surface area contributed by atoms with Gasteiger partial charge in [0.1, 0.15) is 12.4 Å². The highest BCUT2D eigenvalue weighted by atomic mass is 35.5. The number of ether oxygens (including phenoxy) is 1. The van der Waals surface area contributed by atoms with Crippen molar-refractivity contribution in [3.8, 4) is 5.75 Å². The summed E-state index contributed by atoms with van der Waals surface area (Å²) >= 11 is 18.9. The van der Waals surface area contributed by atoms with E-state index in [0.717, 1.165) is 63.3 Å². The maximum atomic E-state index is 13.7. The van der Waals surface area contributed by atoms with Crippen LogP contribution in [-0.2, 0) is 11.2 Å². The van der Waals surface area contributed by atoms with Crippen molar-refractivity contribution in [2.24, 2.45) is 0 Å². The number of halogens is 3. The third-order valence-corrected chi connectivity index (χ3v) is 8.95. The Kier molecular flexibility index (Phi) is 9.20. The van der Waals surface area contributed by atoms with Crippen molar-refractivity contribution >= 4 is 40.7 Å². The predicted molar refractivity (Wildman–Crippen MR) is 151 cm³/mol. The molecule has 3 fully saturated rings. The average molecular weight is 565 g/mol. The molecule has 5 rings (SSSR count). The first kappa shape index (κ1) is 27.1. The van der Waals surface area contributed by atoms with Crippen molar-refractivity contribution in [1.82, 2.24) is 14.7 Å². The van der Waals surface area contributed by atoms with E-state index >= 15 is 0 Å². The van der Waals surface area contributed by atoms with Gasteiger partial charge in [-0.1, -0.05) is 46.9 Å². The molecule has 0 spiro atoms. The van der Waals surface area contributed by atoms with E-state index < -0.39 is 0 Å². The fraction of sp³-hybridized carbons (Fsp3) is 0.552. The number of carbonyl (C=O) groups is 1. The molecule has 5 nitrogen and oxygen atoms in total. The first-order valence-corrected chi connectivity index (χ1v) is 14.7. The smallest absolute Gasteiger partial charge is 0.240 e. The minimum atomic E-state index is -0.177. The highest BCUT2D eigenvalue weighted by molar-refractivity contribution is 6.35. The summed E-state index contributed by atoms with van der Waals surface area (Å²) in [5.74, 6) is 1.46. The van der Waals surface area contributed by atoms with Crippen LogP contribution in [0.3, 0.4) is 0 Å². The SMILES string of the molecule is O=C([C@@H](Cc1ccc(Cl)cc1Cl)N1CCC1)N1CCC(c2ccc(Cl)cc2OCCN2CCCC2)CC1. The molecule has 1 amide bonds. The summed E-state index contributed by atoms with van der Waals surface area (Å²) in [6.07, 6.45) is 6.16.